The van der Waals surface area contributed by atoms with E-state index in [1.54, 1.807) is 12.0 Å². The first-order chi connectivity index (χ1) is 14.3. The molecule has 2 aromatic rings. The Morgan fingerprint density at radius 1 is 1.17 bits per heavy atom. The zero-order chi connectivity index (χ0) is 21.5. The predicted octanol–water partition coefficient (Wildman–Crippen LogP) is 3.87. The summed E-state index contributed by atoms with van der Waals surface area (Å²) in [4.78, 5) is 16.9. The first kappa shape index (κ1) is 20.9. The number of likely N-dealkylation sites (tertiary alicyclic amines) is 1. The molecule has 160 valence electrons. The highest BCUT2D eigenvalue weighted by Gasteiger charge is 2.43. The molecule has 1 N–H and O–H groups in total. The minimum Gasteiger partial charge on any atom is -0.496 e. The Bertz CT molecular complexity index is 925. The van der Waals surface area contributed by atoms with Gasteiger partial charge in [-0.2, -0.15) is 0 Å². The second-order valence-electron chi connectivity index (χ2n) is 9.14. The van der Waals surface area contributed by atoms with Crippen LogP contribution >= 0.6 is 0 Å². The van der Waals surface area contributed by atoms with E-state index in [-0.39, 0.29) is 5.91 Å². The van der Waals surface area contributed by atoms with Crippen LogP contribution in [0.1, 0.15) is 49.4 Å². The number of hydrogen-bond acceptors (Lipinski definition) is 4. The van der Waals surface area contributed by atoms with E-state index in [0.717, 1.165) is 35.5 Å². The van der Waals surface area contributed by atoms with Gasteiger partial charge in [-0.3, -0.25) is 9.69 Å². The van der Waals surface area contributed by atoms with Gasteiger partial charge in [-0.25, -0.2) is 0 Å². The average molecular weight is 408 g/mol. The van der Waals surface area contributed by atoms with E-state index in [1.165, 1.54) is 12.0 Å². The number of piperidine rings is 1. The van der Waals surface area contributed by atoms with Gasteiger partial charge in [0.15, 0.2) is 0 Å². The summed E-state index contributed by atoms with van der Waals surface area (Å²) >= 11 is 0. The van der Waals surface area contributed by atoms with Crippen LogP contribution in [0.15, 0.2) is 42.5 Å². The highest BCUT2D eigenvalue weighted by atomic mass is 16.5. The third-order valence-corrected chi connectivity index (χ3v) is 6.85. The SMILES string of the molecule is COc1cc2c(cc1CN[C@H]1CCCN(C)[C@H]1c1ccccc1)C(C)(C)C(=O)N2C. The van der Waals surface area contributed by atoms with Crippen molar-refractivity contribution in [3.63, 3.8) is 0 Å². The van der Waals surface area contributed by atoms with Crippen molar-refractivity contribution in [2.24, 2.45) is 0 Å². The molecule has 0 radical (unpaired) electrons. The molecule has 5 heteroatoms. The molecule has 2 aliphatic rings. The summed E-state index contributed by atoms with van der Waals surface area (Å²) in [6, 6.07) is 15.6. The molecule has 0 unspecified atom stereocenters. The van der Waals surface area contributed by atoms with E-state index in [2.05, 4.69) is 53.7 Å². The third-order valence-electron chi connectivity index (χ3n) is 6.85. The Hall–Kier alpha value is -2.37. The fourth-order valence-electron chi connectivity index (χ4n) is 5.12. The van der Waals surface area contributed by atoms with Crippen molar-refractivity contribution in [1.82, 2.24) is 10.2 Å². The van der Waals surface area contributed by atoms with Crippen LogP contribution in [0.5, 0.6) is 5.75 Å². The van der Waals surface area contributed by atoms with Crippen LogP contribution in [0.4, 0.5) is 5.69 Å². The Morgan fingerprint density at radius 3 is 2.60 bits per heavy atom. The molecule has 0 bridgehead atoms. The third kappa shape index (κ3) is 3.50. The number of anilines is 1. The van der Waals surface area contributed by atoms with Gasteiger partial charge in [0.1, 0.15) is 5.75 Å². The average Bonchev–Trinajstić information content (AvgIpc) is 2.92. The topological polar surface area (TPSA) is 44.8 Å². The number of hydrogen-bond donors (Lipinski definition) is 1. The lowest BCUT2D eigenvalue weighted by atomic mass is 9.85. The molecule has 2 atom stereocenters. The maximum atomic E-state index is 12.7. The number of carbonyl (C=O) groups excluding carboxylic acids is 1. The molecule has 1 saturated heterocycles. The number of carbonyl (C=O) groups is 1. The molecule has 0 aromatic heterocycles. The Balaban J connectivity index is 1.60. The molecule has 2 aromatic carbocycles. The highest BCUT2D eigenvalue weighted by Crippen LogP contribution is 2.44. The van der Waals surface area contributed by atoms with Crippen molar-refractivity contribution >= 4 is 11.6 Å². The van der Waals surface area contributed by atoms with E-state index in [0.29, 0.717) is 18.6 Å². The molecule has 30 heavy (non-hydrogen) atoms. The van der Waals surface area contributed by atoms with Crippen LogP contribution in [0.25, 0.3) is 0 Å². The van der Waals surface area contributed by atoms with Gasteiger partial charge in [-0.05, 0) is 57.5 Å². The Kier molecular flexibility index (Phi) is 5.60. The van der Waals surface area contributed by atoms with Gasteiger partial charge in [0.2, 0.25) is 5.91 Å². The smallest absolute Gasteiger partial charge is 0.236 e. The summed E-state index contributed by atoms with van der Waals surface area (Å²) in [5.41, 5.74) is 3.97. The molecule has 0 aliphatic carbocycles. The summed E-state index contributed by atoms with van der Waals surface area (Å²) in [6.07, 6.45) is 2.33. The fraction of sp³-hybridized carbons (Fsp3) is 0.480. The van der Waals surface area contributed by atoms with Crippen molar-refractivity contribution in [2.45, 2.75) is 50.7 Å². The summed E-state index contributed by atoms with van der Waals surface area (Å²) in [5, 5.41) is 3.81. The first-order valence-corrected chi connectivity index (χ1v) is 10.8. The van der Waals surface area contributed by atoms with Gasteiger partial charge in [-0.15, -0.1) is 0 Å². The second kappa shape index (κ2) is 8.05. The molecule has 5 nitrogen and oxygen atoms in total. The Morgan fingerprint density at radius 2 is 1.90 bits per heavy atom. The minimum absolute atomic E-state index is 0.128. The first-order valence-electron chi connectivity index (χ1n) is 10.8. The van der Waals surface area contributed by atoms with Crippen LogP contribution in [-0.4, -0.2) is 44.6 Å². The van der Waals surface area contributed by atoms with Crippen molar-refractivity contribution in [3.8, 4) is 5.75 Å². The van der Waals surface area contributed by atoms with Gasteiger partial charge in [0, 0.05) is 37.3 Å². The van der Waals surface area contributed by atoms with E-state index < -0.39 is 5.41 Å². The zero-order valence-corrected chi connectivity index (χ0v) is 18.7. The largest absolute Gasteiger partial charge is 0.496 e. The number of fused-ring (bicyclic) bond motifs is 1. The van der Waals surface area contributed by atoms with Crippen LogP contribution in [0, 0.1) is 0 Å². The molecule has 2 aliphatic heterocycles. The monoisotopic (exact) mass is 407 g/mol. The molecule has 4 rings (SSSR count). The fourth-order valence-corrected chi connectivity index (χ4v) is 5.12. The number of nitrogens with one attached hydrogen (secondary N) is 1. The van der Waals surface area contributed by atoms with Crippen molar-refractivity contribution < 1.29 is 9.53 Å². The van der Waals surface area contributed by atoms with E-state index in [4.69, 9.17) is 4.74 Å². The highest BCUT2D eigenvalue weighted by molar-refractivity contribution is 6.07. The number of ether oxygens (including phenoxy) is 1. The number of nitrogens with zero attached hydrogens (tertiary/aromatic N) is 2. The quantitative estimate of drug-likeness (QED) is 0.817. The summed E-state index contributed by atoms with van der Waals surface area (Å²) in [6.45, 7) is 5.83. The Labute approximate surface area is 180 Å². The van der Waals surface area contributed by atoms with Gasteiger partial charge in [-0.1, -0.05) is 30.3 Å². The number of rotatable bonds is 5. The number of likely N-dealkylation sites (N-methyl/N-ethyl adjacent to an activating group) is 2. The molecule has 1 fully saturated rings. The van der Waals surface area contributed by atoms with Crippen LogP contribution in [-0.2, 0) is 16.8 Å². The lowest BCUT2D eigenvalue weighted by Crippen LogP contribution is -2.46. The maximum absolute atomic E-state index is 12.7. The number of methoxy groups -OCH3 is 1. The second-order valence-corrected chi connectivity index (χ2v) is 9.14. The van der Waals surface area contributed by atoms with Gasteiger partial charge < -0.3 is 15.0 Å². The van der Waals surface area contributed by atoms with Crippen LogP contribution < -0.4 is 15.0 Å². The summed E-state index contributed by atoms with van der Waals surface area (Å²) in [5.74, 6) is 0.960. The summed E-state index contributed by atoms with van der Waals surface area (Å²) in [7, 11) is 5.76. The standard InChI is InChI=1S/C25H33N3O2/c1-25(2)19-14-18(22(30-5)15-21(19)28(4)24(25)29)16-26-20-12-9-13-27(3)23(20)17-10-7-6-8-11-17/h6-8,10-11,14-15,20,23,26H,9,12-13,16H2,1-5H3/t20-,23-/m0/s1. The normalized spacial score (nSPS) is 23.5. The van der Waals surface area contributed by atoms with Crippen molar-refractivity contribution in [1.29, 1.82) is 0 Å². The molecule has 1 amide bonds. The van der Waals surface area contributed by atoms with Gasteiger partial charge >= 0.3 is 0 Å². The molecular formula is C25H33N3O2. The minimum atomic E-state index is -0.511. The number of benzene rings is 2. The van der Waals surface area contributed by atoms with Crippen LogP contribution in [0.2, 0.25) is 0 Å². The van der Waals surface area contributed by atoms with E-state index >= 15 is 0 Å². The maximum Gasteiger partial charge on any atom is 0.236 e. The van der Waals surface area contributed by atoms with Gasteiger partial charge in [0.25, 0.3) is 0 Å². The lowest BCUT2D eigenvalue weighted by molar-refractivity contribution is -0.121. The zero-order valence-electron chi connectivity index (χ0n) is 18.7. The van der Waals surface area contributed by atoms with E-state index in [1.807, 2.05) is 27.0 Å². The van der Waals surface area contributed by atoms with E-state index in [9.17, 15) is 4.79 Å². The van der Waals surface area contributed by atoms with Crippen molar-refractivity contribution in [3.05, 3.63) is 59.2 Å². The van der Waals surface area contributed by atoms with Crippen LogP contribution in [0.3, 0.4) is 0 Å². The molecule has 0 saturated carbocycles. The molecular weight excluding hydrogens is 374 g/mol. The number of amides is 1. The summed E-state index contributed by atoms with van der Waals surface area (Å²) < 4.78 is 5.71. The lowest BCUT2D eigenvalue weighted by Gasteiger charge is -2.40. The van der Waals surface area contributed by atoms with Gasteiger partial charge in [0.05, 0.1) is 18.2 Å². The van der Waals surface area contributed by atoms with Crippen molar-refractivity contribution in [2.75, 3.05) is 32.6 Å². The predicted molar refractivity (Wildman–Crippen MR) is 121 cm³/mol. The molecule has 0 spiro atoms. The molecule has 2 heterocycles.